The molecule has 0 N–H and O–H groups in total. The Balaban J connectivity index is 2.88. The van der Waals surface area contributed by atoms with Gasteiger partial charge in [-0.15, -0.1) is 0 Å². The van der Waals surface area contributed by atoms with Crippen molar-refractivity contribution in [2.24, 2.45) is 10.5 Å². The molecule has 0 saturated heterocycles. The molecular formula is C18H16F3N3O. The van der Waals surface area contributed by atoms with Crippen LogP contribution >= 0.6 is 0 Å². The summed E-state index contributed by atoms with van der Waals surface area (Å²) in [5, 5.41) is 13.1. The number of rotatable bonds is 2. The zero-order chi connectivity index (χ0) is 18.8. The second kappa shape index (κ2) is 6.55. The van der Waals surface area contributed by atoms with Crippen LogP contribution in [0.3, 0.4) is 0 Å². The molecule has 1 aromatic heterocycles. The van der Waals surface area contributed by atoms with Gasteiger partial charge in [-0.3, -0.25) is 4.79 Å². The molecule has 4 nitrogen and oxygen atoms in total. The van der Waals surface area contributed by atoms with E-state index in [2.05, 4.69) is 5.10 Å². The first-order valence-corrected chi connectivity index (χ1v) is 7.43. The van der Waals surface area contributed by atoms with Crippen LogP contribution in [-0.2, 0) is 6.18 Å². The van der Waals surface area contributed by atoms with Crippen LogP contribution in [0.25, 0.3) is 11.3 Å². The van der Waals surface area contributed by atoms with Crippen LogP contribution in [0.4, 0.5) is 13.2 Å². The lowest BCUT2D eigenvalue weighted by atomic mass is 9.99. The molecule has 7 heteroatoms. The summed E-state index contributed by atoms with van der Waals surface area (Å²) in [7, 11) is 0. The third-order valence-electron chi connectivity index (χ3n) is 3.23. The second-order valence-corrected chi connectivity index (χ2v) is 6.52. The molecule has 0 spiro atoms. The number of nitriles is 1. The number of aromatic nitrogens is 1. The van der Waals surface area contributed by atoms with Gasteiger partial charge in [0.1, 0.15) is 11.6 Å². The molecule has 2 aromatic rings. The minimum atomic E-state index is -4.82. The SMILES string of the molecule is CC(C)(C)/C=N/n1c(-c2ccccc2)cc(C(F)(F)F)c(C#N)c1=O. The van der Waals surface area contributed by atoms with E-state index in [4.69, 9.17) is 5.26 Å². The number of alkyl halides is 3. The first-order valence-electron chi connectivity index (χ1n) is 7.43. The van der Waals surface area contributed by atoms with Crippen LogP contribution in [0, 0.1) is 16.7 Å². The molecule has 0 amide bonds. The highest BCUT2D eigenvalue weighted by Gasteiger charge is 2.36. The molecule has 0 aliphatic carbocycles. The highest BCUT2D eigenvalue weighted by atomic mass is 19.4. The number of halogens is 3. The summed E-state index contributed by atoms with van der Waals surface area (Å²) >= 11 is 0. The van der Waals surface area contributed by atoms with E-state index in [0.717, 1.165) is 10.7 Å². The molecule has 130 valence electrons. The predicted molar refractivity (Wildman–Crippen MR) is 89.2 cm³/mol. The van der Waals surface area contributed by atoms with Crippen molar-refractivity contribution in [1.82, 2.24) is 4.68 Å². The van der Waals surface area contributed by atoms with Gasteiger partial charge in [0.25, 0.3) is 5.56 Å². The van der Waals surface area contributed by atoms with Gasteiger partial charge in [-0.05, 0) is 11.5 Å². The number of nitrogens with zero attached hydrogens (tertiary/aromatic N) is 3. The molecule has 1 heterocycles. The van der Waals surface area contributed by atoms with Crippen LogP contribution in [-0.4, -0.2) is 10.9 Å². The minimum absolute atomic E-state index is 0.0302. The maximum atomic E-state index is 13.3. The Hall–Kier alpha value is -2.88. The number of pyridine rings is 1. The van der Waals surface area contributed by atoms with Crippen molar-refractivity contribution in [3.05, 3.63) is 57.9 Å². The fourth-order valence-electron chi connectivity index (χ4n) is 2.09. The van der Waals surface area contributed by atoms with E-state index >= 15 is 0 Å². The molecule has 0 aliphatic rings. The lowest BCUT2D eigenvalue weighted by molar-refractivity contribution is -0.137. The van der Waals surface area contributed by atoms with Gasteiger partial charge >= 0.3 is 6.18 Å². The summed E-state index contributed by atoms with van der Waals surface area (Å²) in [4.78, 5) is 12.5. The Kier molecular flexibility index (Phi) is 4.84. The van der Waals surface area contributed by atoms with Crippen LogP contribution < -0.4 is 5.56 Å². The predicted octanol–water partition coefficient (Wildman–Crippen LogP) is 4.29. The lowest BCUT2D eigenvalue weighted by Gasteiger charge is -2.16. The van der Waals surface area contributed by atoms with Crippen LogP contribution in [0.1, 0.15) is 31.9 Å². The van der Waals surface area contributed by atoms with E-state index in [1.807, 2.05) is 20.8 Å². The van der Waals surface area contributed by atoms with Crippen LogP contribution in [0.2, 0.25) is 0 Å². The van der Waals surface area contributed by atoms with Gasteiger partial charge < -0.3 is 0 Å². The standard InChI is InChI=1S/C18H16F3N3O/c1-17(2,3)11-23-24-15(12-7-5-4-6-8-12)9-14(18(19,20)21)13(10-22)16(24)25/h4-9,11H,1-3H3/b23-11+. The van der Waals surface area contributed by atoms with Crippen molar-refractivity contribution in [1.29, 1.82) is 5.26 Å². The average molecular weight is 347 g/mol. The number of benzene rings is 1. The van der Waals surface area contributed by atoms with Gasteiger partial charge in [-0.25, -0.2) is 0 Å². The number of hydrogen-bond donors (Lipinski definition) is 0. The molecular weight excluding hydrogens is 331 g/mol. The molecule has 0 aliphatic heterocycles. The monoisotopic (exact) mass is 347 g/mol. The van der Waals surface area contributed by atoms with E-state index in [-0.39, 0.29) is 5.69 Å². The maximum absolute atomic E-state index is 13.3. The number of hydrogen-bond acceptors (Lipinski definition) is 3. The molecule has 0 unspecified atom stereocenters. The summed E-state index contributed by atoms with van der Waals surface area (Å²) in [6, 6.07) is 10.3. The van der Waals surface area contributed by atoms with Crippen molar-refractivity contribution >= 4 is 6.21 Å². The third-order valence-corrected chi connectivity index (χ3v) is 3.23. The van der Waals surface area contributed by atoms with Crippen molar-refractivity contribution < 1.29 is 13.2 Å². The maximum Gasteiger partial charge on any atom is 0.417 e. The highest BCUT2D eigenvalue weighted by molar-refractivity contribution is 5.66. The van der Waals surface area contributed by atoms with Gasteiger partial charge in [0, 0.05) is 11.8 Å². The van der Waals surface area contributed by atoms with E-state index in [1.54, 1.807) is 30.3 Å². The van der Waals surface area contributed by atoms with Gasteiger partial charge in [-0.1, -0.05) is 51.1 Å². The molecule has 0 bridgehead atoms. The smallest absolute Gasteiger partial charge is 0.266 e. The molecule has 1 aromatic carbocycles. The summed E-state index contributed by atoms with van der Waals surface area (Å²) in [6.45, 7) is 5.50. The van der Waals surface area contributed by atoms with Crippen molar-refractivity contribution in [3.63, 3.8) is 0 Å². The fraction of sp³-hybridized carbons (Fsp3) is 0.278. The van der Waals surface area contributed by atoms with E-state index < -0.39 is 28.3 Å². The highest BCUT2D eigenvalue weighted by Crippen LogP contribution is 2.33. The Morgan fingerprint density at radius 3 is 2.24 bits per heavy atom. The van der Waals surface area contributed by atoms with Gasteiger partial charge in [0.05, 0.1) is 11.3 Å². The Morgan fingerprint density at radius 1 is 1.16 bits per heavy atom. The van der Waals surface area contributed by atoms with Crippen LogP contribution in [0.5, 0.6) is 0 Å². The molecule has 25 heavy (non-hydrogen) atoms. The first-order chi connectivity index (χ1) is 11.5. The fourth-order valence-corrected chi connectivity index (χ4v) is 2.09. The lowest BCUT2D eigenvalue weighted by Crippen LogP contribution is -2.26. The Bertz CT molecular complexity index is 899. The summed E-state index contributed by atoms with van der Waals surface area (Å²) in [5.74, 6) is 0. The van der Waals surface area contributed by atoms with E-state index in [9.17, 15) is 18.0 Å². The third kappa shape index (κ3) is 4.15. The zero-order valence-electron chi connectivity index (χ0n) is 13.9. The molecule has 0 saturated carbocycles. The molecule has 0 fully saturated rings. The van der Waals surface area contributed by atoms with E-state index in [0.29, 0.717) is 5.56 Å². The minimum Gasteiger partial charge on any atom is -0.266 e. The summed E-state index contributed by atoms with van der Waals surface area (Å²) in [5.41, 5.74) is -3.38. The van der Waals surface area contributed by atoms with Crippen LogP contribution in [0.15, 0.2) is 46.3 Å². The topological polar surface area (TPSA) is 58.1 Å². The summed E-state index contributed by atoms with van der Waals surface area (Å²) < 4.78 is 40.7. The first kappa shape index (κ1) is 18.5. The molecule has 2 rings (SSSR count). The molecule has 0 radical (unpaired) electrons. The van der Waals surface area contributed by atoms with E-state index in [1.165, 1.54) is 12.3 Å². The summed E-state index contributed by atoms with van der Waals surface area (Å²) in [6.07, 6.45) is -3.37. The zero-order valence-corrected chi connectivity index (χ0v) is 13.9. The van der Waals surface area contributed by atoms with Gasteiger partial charge in [-0.2, -0.15) is 28.2 Å². The normalized spacial score (nSPS) is 12.4. The largest absolute Gasteiger partial charge is 0.417 e. The van der Waals surface area contributed by atoms with Gasteiger partial charge in [0.2, 0.25) is 0 Å². The van der Waals surface area contributed by atoms with Crippen molar-refractivity contribution in [2.75, 3.05) is 0 Å². The van der Waals surface area contributed by atoms with Crippen molar-refractivity contribution in [3.8, 4) is 17.3 Å². The Labute approximate surface area is 142 Å². The molecule has 0 atom stereocenters. The Morgan fingerprint density at radius 2 is 1.76 bits per heavy atom. The second-order valence-electron chi connectivity index (χ2n) is 6.52. The van der Waals surface area contributed by atoms with Gasteiger partial charge in [0.15, 0.2) is 0 Å². The van der Waals surface area contributed by atoms with Crippen molar-refractivity contribution in [2.45, 2.75) is 26.9 Å². The quantitative estimate of drug-likeness (QED) is 0.761. The average Bonchev–Trinajstić information content (AvgIpc) is 2.52.